The Bertz CT molecular complexity index is 830. The fourth-order valence-corrected chi connectivity index (χ4v) is 3.07. The fourth-order valence-electron chi connectivity index (χ4n) is 3.07. The first kappa shape index (κ1) is 22.4. The molecular weight excluding hydrogens is 362 g/mol. The Hall–Kier alpha value is -2.86. The van der Waals surface area contributed by atoms with Crippen molar-refractivity contribution in [1.29, 1.82) is 0 Å². The minimum absolute atomic E-state index is 0.0219. The molecule has 29 heavy (non-hydrogen) atoms. The van der Waals surface area contributed by atoms with Crippen LogP contribution in [0.25, 0.3) is 0 Å². The summed E-state index contributed by atoms with van der Waals surface area (Å²) in [5.41, 5.74) is 4.41. The number of nitrogens with one attached hydrogen (secondary N) is 2. The summed E-state index contributed by atoms with van der Waals surface area (Å²) in [6, 6.07) is 16.2. The Kier molecular flexibility index (Phi) is 8.68. The first-order chi connectivity index (χ1) is 13.9. The molecule has 0 heterocycles. The van der Waals surface area contributed by atoms with E-state index in [1.807, 2.05) is 24.3 Å². The van der Waals surface area contributed by atoms with Gasteiger partial charge in [0.25, 0.3) is 5.91 Å². The molecule has 0 spiro atoms. The predicted molar refractivity (Wildman–Crippen MR) is 120 cm³/mol. The molecular formula is C23H33N5O. The van der Waals surface area contributed by atoms with E-state index in [0.717, 1.165) is 37.6 Å². The van der Waals surface area contributed by atoms with Crippen molar-refractivity contribution in [2.75, 3.05) is 41.8 Å². The standard InChI is InChI=1S/C23H33N5O/c1-24-23(26-16-20-10-6-7-11-21(20)17-27(2)3)25-14-13-18-9-8-12-19(15-18)22(29)28(4)5/h6-12,15H,13-14,16-17H2,1-5H3,(H2,24,25,26). The number of rotatable bonds is 8. The normalized spacial score (nSPS) is 11.4. The molecule has 0 aliphatic rings. The van der Waals surface area contributed by atoms with Crippen LogP contribution in [0, 0.1) is 0 Å². The van der Waals surface area contributed by atoms with Crippen molar-refractivity contribution < 1.29 is 4.79 Å². The van der Waals surface area contributed by atoms with E-state index in [0.29, 0.717) is 5.56 Å². The van der Waals surface area contributed by atoms with Crippen LogP contribution >= 0.6 is 0 Å². The molecule has 156 valence electrons. The molecule has 2 aromatic rings. The molecule has 0 aliphatic carbocycles. The van der Waals surface area contributed by atoms with Crippen molar-refractivity contribution in [3.63, 3.8) is 0 Å². The van der Waals surface area contributed by atoms with Crippen LogP contribution in [0.3, 0.4) is 0 Å². The van der Waals surface area contributed by atoms with E-state index in [4.69, 9.17) is 0 Å². The number of aliphatic imine (C=N–C) groups is 1. The number of guanidine groups is 1. The molecule has 0 bridgehead atoms. The van der Waals surface area contributed by atoms with Crippen LogP contribution in [0.1, 0.15) is 27.0 Å². The fraction of sp³-hybridized carbons (Fsp3) is 0.391. The summed E-state index contributed by atoms with van der Waals surface area (Å²) >= 11 is 0. The van der Waals surface area contributed by atoms with Gasteiger partial charge >= 0.3 is 0 Å². The molecule has 2 aromatic carbocycles. The third-order valence-electron chi connectivity index (χ3n) is 4.56. The third kappa shape index (κ3) is 7.23. The van der Waals surface area contributed by atoms with Gasteiger partial charge in [0.15, 0.2) is 5.96 Å². The number of hydrogen-bond acceptors (Lipinski definition) is 3. The second kappa shape index (κ2) is 11.2. The molecule has 0 saturated carbocycles. The van der Waals surface area contributed by atoms with Crippen molar-refractivity contribution in [2.45, 2.75) is 19.5 Å². The van der Waals surface area contributed by atoms with E-state index in [1.54, 1.807) is 26.0 Å². The molecule has 0 fully saturated rings. The van der Waals surface area contributed by atoms with Gasteiger partial charge in [-0.25, -0.2) is 0 Å². The summed E-state index contributed by atoms with van der Waals surface area (Å²) in [6.07, 6.45) is 0.812. The summed E-state index contributed by atoms with van der Waals surface area (Å²) < 4.78 is 0. The second-order valence-electron chi connectivity index (χ2n) is 7.51. The maximum absolute atomic E-state index is 12.1. The Morgan fingerprint density at radius 1 is 0.966 bits per heavy atom. The van der Waals surface area contributed by atoms with Gasteiger partial charge in [-0.1, -0.05) is 36.4 Å². The SMILES string of the molecule is CN=C(NCCc1cccc(C(=O)N(C)C)c1)NCc1ccccc1CN(C)C. The van der Waals surface area contributed by atoms with Crippen LogP contribution in [0.15, 0.2) is 53.5 Å². The smallest absolute Gasteiger partial charge is 0.253 e. The zero-order valence-corrected chi connectivity index (χ0v) is 18.2. The summed E-state index contributed by atoms with van der Waals surface area (Å²) in [4.78, 5) is 20.2. The number of hydrogen-bond donors (Lipinski definition) is 2. The van der Waals surface area contributed by atoms with Crippen LogP contribution in [-0.4, -0.2) is 63.4 Å². The monoisotopic (exact) mass is 395 g/mol. The van der Waals surface area contributed by atoms with Gasteiger partial charge in [-0.3, -0.25) is 9.79 Å². The van der Waals surface area contributed by atoms with Gasteiger partial charge < -0.3 is 20.4 Å². The van der Waals surface area contributed by atoms with Gasteiger partial charge in [0.1, 0.15) is 0 Å². The molecule has 1 amide bonds. The summed E-state index contributed by atoms with van der Waals surface area (Å²) in [5.74, 6) is 0.791. The number of benzene rings is 2. The highest BCUT2D eigenvalue weighted by molar-refractivity contribution is 5.94. The van der Waals surface area contributed by atoms with E-state index in [9.17, 15) is 4.79 Å². The topological polar surface area (TPSA) is 60.0 Å². The number of carbonyl (C=O) groups excluding carboxylic acids is 1. The van der Waals surface area contributed by atoms with Crippen LogP contribution in [0.4, 0.5) is 0 Å². The molecule has 0 unspecified atom stereocenters. The van der Waals surface area contributed by atoms with Crippen molar-refractivity contribution >= 4 is 11.9 Å². The van der Waals surface area contributed by atoms with Gasteiger partial charge in [0.05, 0.1) is 0 Å². The van der Waals surface area contributed by atoms with Crippen LogP contribution in [0.2, 0.25) is 0 Å². The summed E-state index contributed by atoms with van der Waals surface area (Å²) in [5, 5.41) is 6.74. The highest BCUT2D eigenvalue weighted by Gasteiger charge is 2.08. The summed E-state index contributed by atoms with van der Waals surface area (Å²) in [6.45, 7) is 2.36. The lowest BCUT2D eigenvalue weighted by Crippen LogP contribution is -2.38. The maximum atomic E-state index is 12.1. The average molecular weight is 396 g/mol. The van der Waals surface area contributed by atoms with Crippen molar-refractivity contribution in [2.24, 2.45) is 4.99 Å². The average Bonchev–Trinajstić information content (AvgIpc) is 2.70. The highest BCUT2D eigenvalue weighted by atomic mass is 16.2. The molecule has 0 aliphatic heterocycles. The molecule has 6 nitrogen and oxygen atoms in total. The molecule has 0 saturated heterocycles. The molecule has 2 N–H and O–H groups in total. The number of amides is 1. The Morgan fingerprint density at radius 3 is 2.34 bits per heavy atom. The lowest BCUT2D eigenvalue weighted by Gasteiger charge is -2.16. The zero-order chi connectivity index (χ0) is 21.2. The van der Waals surface area contributed by atoms with Gasteiger partial charge in [-0.15, -0.1) is 0 Å². The third-order valence-corrected chi connectivity index (χ3v) is 4.56. The number of nitrogens with zero attached hydrogens (tertiary/aromatic N) is 3. The number of carbonyl (C=O) groups is 1. The van der Waals surface area contributed by atoms with E-state index < -0.39 is 0 Å². The van der Waals surface area contributed by atoms with Crippen molar-refractivity contribution in [3.8, 4) is 0 Å². The quantitative estimate of drug-likeness (QED) is 0.532. The first-order valence-corrected chi connectivity index (χ1v) is 9.87. The van der Waals surface area contributed by atoms with Gasteiger partial charge in [-0.2, -0.15) is 0 Å². The Morgan fingerprint density at radius 2 is 1.69 bits per heavy atom. The lowest BCUT2D eigenvalue weighted by atomic mass is 10.1. The summed E-state index contributed by atoms with van der Waals surface area (Å²) in [7, 11) is 9.46. The molecule has 0 radical (unpaired) electrons. The van der Waals surface area contributed by atoms with Crippen LogP contribution < -0.4 is 10.6 Å². The Balaban J connectivity index is 1.88. The molecule has 6 heteroatoms. The first-order valence-electron chi connectivity index (χ1n) is 9.87. The van der Waals surface area contributed by atoms with E-state index in [1.165, 1.54) is 11.1 Å². The highest BCUT2D eigenvalue weighted by Crippen LogP contribution is 2.10. The Labute approximate surface area is 174 Å². The van der Waals surface area contributed by atoms with Gasteiger partial charge in [0.2, 0.25) is 0 Å². The zero-order valence-electron chi connectivity index (χ0n) is 18.2. The molecule has 2 rings (SSSR count). The van der Waals surface area contributed by atoms with Gasteiger partial charge in [-0.05, 0) is 49.3 Å². The maximum Gasteiger partial charge on any atom is 0.253 e. The minimum atomic E-state index is 0.0219. The minimum Gasteiger partial charge on any atom is -0.356 e. The van der Waals surface area contributed by atoms with Gasteiger partial charge in [0, 0.05) is 46.3 Å². The molecule has 0 aromatic heterocycles. The van der Waals surface area contributed by atoms with E-state index >= 15 is 0 Å². The van der Waals surface area contributed by atoms with E-state index in [2.05, 4.69) is 58.9 Å². The van der Waals surface area contributed by atoms with Crippen molar-refractivity contribution in [1.82, 2.24) is 20.4 Å². The lowest BCUT2D eigenvalue weighted by molar-refractivity contribution is 0.0827. The van der Waals surface area contributed by atoms with E-state index in [-0.39, 0.29) is 5.91 Å². The van der Waals surface area contributed by atoms with Crippen LogP contribution in [-0.2, 0) is 19.5 Å². The largest absolute Gasteiger partial charge is 0.356 e. The van der Waals surface area contributed by atoms with Crippen LogP contribution in [0.5, 0.6) is 0 Å². The molecule has 0 atom stereocenters. The second-order valence-corrected chi connectivity index (χ2v) is 7.51. The predicted octanol–water partition coefficient (Wildman–Crippen LogP) is 2.36. The van der Waals surface area contributed by atoms with Crippen molar-refractivity contribution in [3.05, 3.63) is 70.8 Å².